The lowest BCUT2D eigenvalue weighted by Gasteiger charge is -2.14. The van der Waals surface area contributed by atoms with Gasteiger partial charge in [0.2, 0.25) is 5.91 Å². The van der Waals surface area contributed by atoms with Gasteiger partial charge in [0.25, 0.3) is 0 Å². The molecule has 4 aromatic rings. The van der Waals surface area contributed by atoms with E-state index in [1.54, 1.807) is 19.1 Å². The standard InChI is InChI=1S/C25H21F3N4O2S/c1-16(23(33)29-20-11-13-21(14-12-20)34-24(27)28)35-25-31-30-22(18-7-9-19(26)10-8-18)32(25)15-17-5-3-2-4-6-17/h2-14,16,24H,15H2,1H3,(H,29,33). The first kappa shape index (κ1) is 24.3. The third-order valence-corrected chi connectivity index (χ3v) is 6.08. The molecule has 3 aromatic carbocycles. The summed E-state index contributed by atoms with van der Waals surface area (Å²) in [7, 11) is 0. The van der Waals surface area contributed by atoms with E-state index in [0.29, 0.717) is 28.8 Å². The minimum absolute atomic E-state index is 0.00255. The zero-order chi connectivity index (χ0) is 24.8. The fourth-order valence-corrected chi connectivity index (χ4v) is 4.12. The molecular weight excluding hydrogens is 477 g/mol. The van der Waals surface area contributed by atoms with E-state index >= 15 is 0 Å². The number of alkyl halides is 2. The lowest BCUT2D eigenvalue weighted by atomic mass is 10.2. The summed E-state index contributed by atoms with van der Waals surface area (Å²) < 4.78 is 44.3. The fraction of sp³-hybridized carbons (Fsp3) is 0.160. The molecule has 0 bridgehead atoms. The second kappa shape index (κ2) is 11.1. The molecule has 180 valence electrons. The van der Waals surface area contributed by atoms with Crippen molar-refractivity contribution in [3.63, 3.8) is 0 Å². The van der Waals surface area contributed by atoms with Crippen molar-refractivity contribution >= 4 is 23.4 Å². The number of amides is 1. The summed E-state index contributed by atoms with van der Waals surface area (Å²) in [6, 6.07) is 21.4. The molecule has 35 heavy (non-hydrogen) atoms. The highest BCUT2D eigenvalue weighted by atomic mass is 32.2. The van der Waals surface area contributed by atoms with E-state index in [4.69, 9.17) is 0 Å². The summed E-state index contributed by atoms with van der Waals surface area (Å²) in [6.45, 7) is -0.726. The molecule has 1 unspecified atom stereocenters. The third kappa shape index (κ3) is 6.42. The van der Waals surface area contributed by atoms with Crippen molar-refractivity contribution in [2.24, 2.45) is 0 Å². The molecule has 6 nitrogen and oxygen atoms in total. The maximum atomic E-state index is 13.4. The van der Waals surface area contributed by atoms with E-state index in [9.17, 15) is 18.0 Å². The first-order valence-electron chi connectivity index (χ1n) is 10.6. The molecule has 1 N–H and O–H groups in total. The minimum Gasteiger partial charge on any atom is -0.435 e. The molecule has 0 spiro atoms. The molecule has 0 saturated heterocycles. The van der Waals surface area contributed by atoms with E-state index in [1.807, 2.05) is 34.9 Å². The van der Waals surface area contributed by atoms with Crippen LogP contribution in [0, 0.1) is 5.82 Å². The molecule has 1 aromatic heterocycles. The Bertz CT molecular complexity index is 1270. The van der Waals surface area contributed by atoms with Crippen LogP contribution in [0.4, 0.5) is 18.9 Å². The van der Waals surface area contributed by atoms with E-state index < -0.39 is 11.9 Å². The summed E-state index contributed by atoms with van der Waals surface area (Å²) in [5, 5.41) is 11.3. The van der Waals surface area contributed by atoms with Crippen LogP contribution in [0.15, 0.2) is 84.0 Å². The monoisotopic (exact) mass is 498 g/mol. The summed E-state index contributed by atoms with van der Waals surface area (Å²) >= 11 is 1.23. The number of carbonyl (C=O) groups is 1. The number of hydrogen-bond donors (Lipinski definition) is 1. The Morgan fingerprint density at radius 1 is 1.00 bits per heavy atom. The Hall–Kier alpha value is -3.79. The van der Waals surface area contributed by atoms with Crippen LogP contribution in [0.1, 0.15) is 12.5 Å². The second-order valence-electron chi connectivity index (χ2n) is 7.54. The van der Waals surface area contributed by atoms with Gasteiger partial charge in [-0.05, 0) is 61.0 Å². The van der Waals surface area contributed by atoms with Gasteiger partial charge < -0.3 is 10.1 Å². The topological polar surface area (TPSA) is 69.0 Å². The third-order valence-electron chi connectivity index (χ3n) is 5.00. The Kier molecular flexibility index (Phi) is 7.71. The molecule has 1 amide bonds. The number of ether oxygens (including phenoxy) is 1. The number of hydrogen-bond acceptors (Lipinski definition) is 5. The van der Waals surface area contributed by atoms with Gasteiger partial charge in [-0.3, -0.25) is 9.36 Å². The number of nitrogens with one attached hydrogen (secondary N) is 1. The van der Waals surface area contributed by atoms with Gasteiger partial charge in [0.05, 0.1) is 11.8 Å². The van der Waals surface area contributed by atoms with Gasteiger partial charge in [-0.2, -0.15) is 8.78 Å². The Labute approximate surface area is 204 Å². The van der Waals surface area contributed by atoms with Gasteiger partial charge in [0, 0.05) is 11.3 Å². The fourth-order valence-electron chi connectivity index (χ4n) is 3.27. The number of anilines is 1. The van der Waals surface area contributed by atoms with Crippen molar-refractivity contribution in [2.45, 2.75) is 30.5 Å². The number of rotatable bonds is 9. The maximum Gasteiger partial charge on any atom is 0.387 e. The Morgan fingerprint density at radius 2 is 1.69 bits per heavy atom. The average Bonchev–Trinajstić information content (AvgIpc) is 3.23. The molecule has 1 heterocycles. The quantitative estimate of drug-likeness (QED) is 0.293. The van der Waals surface area contributed by atoms with Gasteiger partial charge in [-0.1, -0.05) is 42.1 Å². The number of halogens is 3. The zero-order valence-corrected chi connectivity index (χ0v) is 19.4. The van der Waals surface area contributed by atoms with Crippen LogP contribution in [-0.2, 0) is 11.3 Å². The highest BCUT2D eigenvalue weighted by Gasteiger charge is 2.21. The maximum absolute atomic E-state index is 13.4. The highest BCUT2D eigenvalue weighted by Crippen LogP contribution is 2.29. The van der Waals surface area contributed by atoms with Crippen LogP contribution in [0.5, 0.6) is 5.75 Å². The van der Waals surface area contributed by atoms with Crippen molar-refractivity contribution in [1.82, 2.24) is 14.8 Å². The summed E-state index contributed by atoms with van der Waals surface area (Å²) in [5.74, 6) is -0.0898. The van der Waals surface area contributed by atoms with Crippen molar-refractivity contribution in [2.75, 3.05) is 5.32 Å². The normalized spacial score (nSPS) is 11.9. The molecule has 10 heteroatoms. The van der Waals surface area contributed by atoms with Crippen LogP contribution in [0.2, 0.25) is 0 Å². The van der Waals surface area contributed by atoms with Gasteiger partial charge >= 0.3 is 6.61 Å². The second-order valence-corrected chi connectivity index (χ2v) is 8.84. The minimum atomic E-state index is -2.92. The van der Waals surface area contributed by atoms with Crippen LogP contribution in [0.3, 0.4) is 0 Å². The van der Waals surface area contributed by atoms with Crippen molar-refractivity contribution in [3.8, 4) is 17.1 Å². The molecule has 0 fully saturated rings. The lowest BCUT2D eigenvalue weighted by Crippen LogP contribution is -2.23. The molecule has 0 aliphatic carbocycles. The Morgan fingerprint density at radius 3 is 2.34 bits per heavy atom. The lowest BCUT2D eigenvalue weighted by molar-refractivity contribution is -0.115. The average molecular weight is 499 g/mol. The number of aromatic nitrogens is 3. The van der Waals surface area contributed by atoms with Gasteiger partial charge in [0.1, 0.15) is 11.6 Å². The van der Waals surface area contributed by atoms with Crippen molar-refractivity contribution in [1.29, 1.82) is 0 Å². The predicted molar refractivity (Wildman–Crippen MR) is 128 cm³/mol. The highest BCUT2D eigenvalue weighted by molar-refractivity contribution is 8.00. The van der Waals surface area contributed by atoms with Crippen LogP contribution in [-0.4, -0.2) is 32.5 Å². The smallest absolute Gasteiger partial charge is 0.387 e. The van der Waals surface area contributed by atoms with E-state index in [0.717, 1.165) is 5.56 Å². The summed E-state index contributed by atoms with van der Waals surface area (Å²) in [5.41, 5.74) is 2.16. The molecule has 0 saturated carbocycles. The number of nitrogens with zero attached hydrogens (tertiary/aromatic N) is 3. The summed E-state index contributed by atoms with van der Waals surface area (Å²) in [6.07, 6.45) is 0. The number of thioether (sulfide) groups is 1. The zero-order valence-electron chi connectivity index (χ0n) is 18.6. The van der Waals surface area contributed by atoms with Crippen LogP contribution < -0.4 is 10.1 Å². The molecule has 4 rings (SSSR count). The van der Waals surface area contributed by atoms with E-state index in [-0.39, 0.29) is 17.5 Å². The Balaban J connectivity index is 1.52. The van der Waals surface area contributed by atoms with Gasteiger partial charge in [0.15, 0.2) is 11.0 Å². The van der Waals surface area contributed by atoms with Crippen molar-refractivity contribution < 1.29 is 22.7 Å². The van der Waals surface area contributed by atoms with Crippen molar-refractivity contribution in [3.05, 3.63) is 90.2 Å². The molecular formula is C25H21F3N4O2S. The summed E-state index contributed by atoms with van der Waals surface area (Å²) in [4.78, 5) is 12.8. The first-order chi connectivity index (χ1) is 16.9. The number of benzene rings is 3. The van der Waals surface area contributed by atoms with Gasteiger partial charge in [-0.15, -0.1) is 10.2 Å². The molecule has 1 atom stereocenters. The van der Waals surface area contributed by atoms with E-state index in [1.165, 1.54) is 48.2 Å². The molecule has 0 aliphatic heterocycles. The molecule has 0 radical (unpaired) electrons. The van der Waals surface area contributed by atoms with Crippen LogP contribution in [0.25, 0.3) is 11.4 Å². The van der Waals surface area contributed by atoms with Gasteiger partial charge in [-0.25, -0.2) is 4.39 Å². The first-order valence-corrected chi connectivity index (χ1v) is 11.5. The van der Waals surface area contributed by atoms with Crippen LogP contribution >= 0.6 is 11.8 Å². The largest absolute Gasteiger partial charge is 0.435 e. The predicted octanol–water partition coefficient (Wildman–Crippen LogP) is 5.85. The number of carbonyl (C=O) groups excluding carboxylic acids is 1. The SMILES string of the molecule is CC(Sc1nnc(-c2ccc(F)cc2)n1Cc1ccccc1)C(=O)Nc1ccc(OC(F)F)cc1. The molecule has 0 aliphatic rings. The van der Waals surface area contributed by atoms with E-state index in [2.05, 4.69) is 20.3 Å².